The van der Waals surface area contributed by atoms with Crippen molar-refractivity contribution in [3.05, 3.63) is 34.6 Å². The van der Waals surface area contributed by atoms with Crippen LogP contribution < -0.4 is 5.32 Å². The van der Waals surface area contributed by atoms with Crippen molar-refractivity contribution in [2.75, 3.05) is 12.8 Å². The van der Waals surface area contributed by atoms with Crippen LogP contribution >= 0.6 is 23.4 Å². The minimum absolute atomic E-state index is 0.228. The number of thioether (sulfide) groups is 1. The van der Waals surface area contributed by atoms with E-state index in [2.05, 4.69) is 11.6 Å². The lowest BCUT2D eigenvalue weighted by molar-refractivity contribution is 0.584. The van der Waals surface area contributed by atoms with Crippen molar-refractivity contribution in [3.63, 3.8) is 0 Å². The Balaban J connectivity index is 1.90. The van der Waals surface area contributed by atoms with Gasteiger partial charge in [0.1, 0.15) is 5.82 Å². The molecule has 4 heteroatoms. The van der Waals surface area contributed by atoms with E-state index < -0.39 is 0 Å². The highest BCUT2D eigenvalue weighted by Crippen LogP contribution is 2.46. The molecule has 0 atom stereocenters. The molecule has 0 bridgehead atoms. The van der Waals surface area contributed by atoms with Crippen LogP contribution in [-0.2, 0) is 6.54 Å². The first-order valence-corrected chi connectivity index (χ1v) is 6.96. The normalized spacial score (nSPS) is 17.4. The highest BCUT2D eigenvalue weighted by atomic mass is 35.5. The van der Waals surface area contributed by atoms with E-state index in [1.807, 2.05) is 11.8 Å². The van der Waals surface area contributed by atoms with E-state index in [-0.39, 0.29) is 5.82 Å². The Morgan fingerprint density at radius 1 is 1.50 bits per heavy atom. The summed E-state index contributed by atoms with van der Waals surface area (Å²) in [5.74, 6) is -0.228. The molecule has 2 rings (SSSR count). The molecule has 1 aromatic carbocycles. The molecule has 1 aliphatic rings. The largest absolute Gasteiger partial charge is 0.311 e. The fraction of sp³-hybridized carbons (Fsp3) is 0.500. The molecule has 1 saturated carbocycles. The van der Waals surface area contributed by atoms with Gasteiger partial charge in [0.25, 0.3) is 0 Å². The SMILES string of the molecule is CSC1(CNCc2c(F)cccc2Cl)CC1. The number of halogens is 2. The van der Waals surface area contributed by atoms with Gasteiger partial charge in [-0.05, 0) is 31.2 Å². The van der Waals surface area contributed by atoms with Gasteiger partial charge in [0, 0.05) is 28.4 Å². The molecule has 16 heavy (non-hydrogen) atoms. The van der Waals surface area contributed by atoms with Crippen LogP contribution in [0.25, 0.3) is 0 Å². The van der Waals surface area contributed by atoms with Crippen LogP contribution in [0, 0.1) is 5.82 Å². The van der Waals surface area contributed by atoms with E-state index in [1.165, 1.54) is 18.9 Å². The zero-order chi connectivity index (χ0) is 11.6. The van der Waals surface area contributed by atoms with E-state index in [0.29, 0.717) is 21.9 Å². The topological polar surface area (TPSA) is 12.0 Å². The van der Waals surface area contributed by atoms with Crippen LogP contribution in [0.1, 0.15) is 18.4 Å². The van der Waals surface area contributed by atoms with Crippen molar-refractivity contribution in [2.45, 2.75) is 24.1 Å². The number of hydrogen-bond acceptors (Lipinski definition) is 2. The van der Waals surface area contributed by atoms with Crippen molar-refractivity contribution in [1.29, 1.82) is 0 Å². The number of rotatable bonds is 5. The highest BCUT2D eigenvalue weighted by molar-refractivity contribution is 8.00. The first kappa shape index (κ1) is 12.2. The molecule has 0 spiro atoms. The van der Waals surface area contributed by atoms with Crippen molar-refractivity contribution < 1.29 is 4.39 Å². The molecule has 1 aliphatic carbocycles. The zero-order valence-corrected chi connectivity index (χ0v) is 10.8. The summed E-state index contributed by atoms with van der Waals surface area (Å²) in [7, 11) is 0. The molecule has 1 nitrogen and oxygen atoms in total. The summed E-state index contributed by atoms with van der Waals surface area (Å²) in [6.45, 7) is 1.44. The average Bonchev–Trinajstić information content (AvgIpc) is 3.03. The molecule has 1 fully saturated rings. The molecule has 1 aromatic rings. The summed E-state index contributed by atoms with van der Waals surface area (Å²) in [6.07, 6.45) is 4.64. The molecule has 0 aliphatic heterocycles. The molecule has 0 heterocycles. The molecule has 1 N–H and O–H groups in total. The lowest BCUT2D eigenvalue weighted by Gasteiger charge is -2.13. The Labute approximate surface area is 105 Å². The standard InChI is InChI=1S/C12H15ClFNS/c1-16-12(5-6-12)8-15-7-9-10(13)3-2-4-11(9)14/h2-4,15H,5-8H2,1H3. The van der Waals surface area contributed by atoms with Gasteiger partial charge in [0.15, 0.2) is 0 Å². The maximum Gasteiger partial charge on any atom is 0.129 e. The summed E-state index contributed by atoms with van der Waals surface area (Å²) < 4.78 is 13.8. The number of benzene rings is 1. The van der Waals surface area contributed by atoms with E-state index >= 15 is 0 Å². The molecule has 0 saturated heterocycles. The van der Waals surface area contributed by atoms with Gasteiger partial charge in [-0.3, -0.25) is 0 Å². The Morgan fingerprint density at radius 2 is 2.25 bits per heavy atom. The van der Waals surface area contributed by atoms with Gasteiger partial charge in [0.05, 0.1) is 0 Å². The lowest BCUT2D eigenvalue weighted by Crippen LogP contribution is -2.25. The number of nitrogens with one attached hydrogen (secondary N) is 1. The van der Waals surface area contributed by atoms with Gasteiger partial charge in [-0.25, -0.2) is 4.39 Å². The monoisotopic (exact) mass is 259 g/mol. The quantitative estimate of drug-likeness (QED) is 0.869. The number of hydrogen-bond donors (Lipinski definition) is 1. The van der Waals surface area contributed by atoms with Gasteiger partial charge in [-0.1, -0.05) is 17.7 Å². The summed E-state index contributed by atoms with van der Waals surface area (Å²) in [5.41, 5.74) is 0.570. The van der Waals surface area contributed by atoms with Gasteiger partial charge < -0.3 is 5.32 Å². The highest BCUT2D eigenvalue weighted by Gasteiger charge is 2.41. The van der Waals surface area contributed by atoms with E-state index in [1.54, 1.807) is 12.1 Å². The molecule has 88 valence electrons. The first-order chi connectivity index (χ1) is 7.67. The summed E-state index contributed by atoms with van der Waals surface area (Å²) >= 11 is 7.84. The van der Waals surface area contributed by atoms with Gasteiger partial charge >= 0.3 is 0 Å². The minimum atomic E-state index is -0.228. The predicted molar refractivity (Wildman–Crippen MR) is 68.6 cm³/mol. The molecular weight excluding hydrogens is 245 g/mol. The average molecular weight is 260 g/mol. The molecule has 0 unspecified atom stereocenters. The molecule has 0 aromatic heterocycles. The Hall–Kier alpha value is -0.250. The van der Waals surface area contributed by atoms with Gasteiger partial charge in [0.2, 0.25) is 0 Å². The maximum atomic E-state index is 13.4. The second kappa shape index (κ2) is 4.94. The van der Waals surface area contributed by atoms with Gasteiger partial charge in [-0.15, -0.1) is 0 Å². The Morgan fingerprint density at radius 3 is 2.81 bits per heavy atom. The molecule has 0 radical (unpaired) electrons. The minimum Gasteiger partial charge on any atom is -0.311 e. The third kappa shape index (κ3) is 2.70. The van der Waals surface area contributed by atoms with E-state index in [9.17, 15) is 4.39 Å². The second-order valence-electron chi connectivity index (χ2n) is 4.19. The van der Waals surface area contributed by atoms with Crippen molar-refractivity contribution in [2.24, 2.45) is 0 Å². The van der Waals surface area contributed by atoms with Crippen molar-refractivity contribution in [1.82, 2.24) is 5.32 Å². The smallest absolute Gasteiger partial charge is 0.129 e. The molecular formula is C12H15ClFNS. The summed E-state index contributed by atoms with van der Waals surface area (Å²) in [5, 5.41) is 3.79. The third-order valence-electron chi connectivity index (χ3n) is 3.05. The van der Waals surface area contributed by atoms with Crippen LogP contribution in [0.15, 0.2) is 18.2 Å². The molecule has 0 amide bonds. The van der Waals surface area contributed by atoms with E-state index in [0.717, 1.165) is 6.54 Å². The fourth-order valence-electron chi connectivity index (χ4n) is 1.71. The van der Waals surface area contributed by atoms with Crippen LogP contribution in [0.5, 0.6) is 0 Å². The predicted octanol–water partition coefficient (Wildman–Crippen LogP) is 3.46. The zero-order valence-electron chi connectivity index (χ0n) is 9.22. The van der Waals surface area contributed by atoms with Crippen molar-refractivity contribution >= 4 is 23.4 Å². The summed E-state index contributed by atoms with van der Waals surface area (Å²) in [4.78, 5) is 0. The van der Waals surface area contributed by atoms with Crippen LogP contribution in [0.2, 0.25) is 5.02 Å². The Bertz CT molecular complexity index is 359. The first-order valence-electron chi connectivity index (χ1n) is 5.36. The van der Waals surface area contributed by atoms with E-state index in [4.69, 9.17) is 11.6 Å². The second-order valence-corrected chi connectivity index (χ2v) is 5.87. The maximum absolute atomic E-state index is 13.4. The summed E-state index contributed by atoms with van der Waals surface area (Å²) in [6, 6.07) is 4.80. The van der Waals surface area contributed by atoms with Crippen molar-refractivity contribution in [3.8, 4) is 0 Å². The van der Waals surface area contributed by atoms with Crippen LogP contribution in [0.4, 0.5) is 4.39 Å². The van der Waals surface area contributed by atoms with Crippen LogP contribution in [-0.4, -0.2) is 17.5 Å². The van der Waals surface area contributed by atoms with Crippen LogP contribution in [0.3, 0.4) is 0 Å². The third-order valence-corrected chi connectivity index (χ3v) is 4.82. The Kier molecular flexibility index (Phi) is 3.77. The lowest BCUT2D eigenvalue weighted by atomic mass is 10.2. The van der Waals surface area contributed by atoms with Gasteiger partial charge in [-0.2, -0.15) is 11.8 Å². The fourth-order valence-corrected chi connectivity index (χ4v) is 2.70.